The molecule has 0 bridgehead atoms. The molecule has 0 spiro atoms. The number of halogens is 4. The maximum Gasteiger partial charge on any atom is 0.416 e. The number of anilines is 2. The third kappa shape index (κ3) is 3.68. The summed E-state index contributed by atoms with van der Waals surface area (Å²) in [5.41, 5.74) is 5.16. The first-order valence-electron chi connectivity index (χ1n) is 5.72. The molecule has 21 heavy (non-hydrogen) atoms. The number of rotatable bonds is 2. The van der Waals surface area contributed by atoms with Gasteiger partial charge in [-0.15, -0.1) is 11.3 Å². The molecule has 2 aromatic rings. The summed E-state index contributed by atoms with van der Waals surface area (Å²) in [4.78, 5) is 13.1. The molecule has 1 aromatic carbocycles. The molecule has 0 fully saturated rings. The van der Waals surface area contributed by atoms with Crippen LogP contribution < -0.4 is 11.1 Å². The van der Waals surface area contributed by atoms with E-state index in [1.54, 1.807) is 6.92 Å². The number of hydrogen-bond acceptors (Lipinski definition) is 3. The van der Waals surface area contributed by atoms with Gasteiger partial charge in [-0.1, -0.05) is 11.6 Å². The molecule has 0 saturated heterocycles. The number of benzene rings is 1. The fourth-order valence-electron chi connectivity index (χ4n) is 1.63. The molecule has 1 amide bonds. The standard InChI is InChI=1S/C13H10ClF3N2OS/c1-6-10(18)5-11(21-6)12(20)19-9-3-7(13(15,16)17)2-8(14)4-9/h2-5H,18H2,1H3,(H,19,20). The molecule has 0 aliphatic heterocycles. The summed E-state index contributed by atoms with van der Waals surface area (Å²) in [6.07, 6.45) is -4.53. The fraction of sp³-hybridized carbons (Fsp3) is 0.154. The van der Waals surface area contributed by atoms with Crippen LogP contribution in [0.2, 0.25) is 5.02 Å². The second-order valence-electron chi connectivity index (χ2n) is 4.30. The minimum Gasteiger partial charge on any atom is -0.398 e. The minimum atomic E-state index is -4.53. The van der Waals surface area contributed by atoms with E-state index in [9.17, 15) is 18.0 Å². The molecule has 2 rings (SSSR count). The first-order chi connectivity index (χ1) is 9.66. The lowest BCUT2D eigenvalue weighted by atomic mass is 10.2. The first kappa shape index (κ1) is 15.7. The highest BCUT2D eigenvalue weighted by molar-refractivity contribution is 7.14. The van der Waals surface area contributed by atoms with Crippen LogP contribution >= 0.6 is 22.9 Å². The lowest BCUT2D eigenvalue weighted by molar-refractivity contribution is -0.137. The lowest BCUT2D eigenvalue weighted by Gasteiger charge is -2.10. The Morgan fingerprint density at radius 3 is 2.48 bits per heavy atom. The van der Waals surface area contributed by atoms with Gasteiger partial charge >= 0.3 is 6.18 Å². The molecule has 0 saturated carbocycles. The highest BCUT2D eigenvalue weighted by atomic mass is 35.5. The maximum atomic E-state index is 12.7. The number of nitrogens with one attached hydrogen (secondary N) is 1. The predicted octanol–water partition coefficient (Wildman–Crippen LogP) is 4.56. The van der Waals surface area contributed by atoms with Gasteiger partial charge in [0.1, 0.15) is 0 Å². The molecule has 0 aliphatic carbocycles. The molecule has 0 radical (unpaired) electrons. The summed E-state index contributed by atoms with van der Waals surface area (Å²) >= 11 is 6.81. The molecule has 1 heterocycles. The summed E-state index contributed by atoms with van der Waals surface area (Å²) < 4.78 is 38.0. The quantitative estimate of drug-likeness (QED) is 0.845. The Morgan fingerprint density at radius 1 is 1.29 bits per heavy atom. The minimum absolute atomic E-state index is 0.0237. The van der Waals surface area contributed by atoms with Gasteiger partial charge in [0.25, 0.3) is 5.91 Å². The zero-order valence-electron chi connectivity index (χ0n) is 10.7. The van der Waals surface area contributed by atoms with Gasteiger partial charge in [0.15, 0.2) is 0 Å². The van der Waals surface area contributed by atoms with Crippen molar-refractivity contribution in [3.05, 3.63) is 44.6 Å². The van der Waals surface area contributed by atoms with Crippen molar-refractivity contribution in [2.24, 2.45) is 0 Å². The van der Waals surface area contributed by atoms with E-state index in [1.165, 1.54) is 12.1 Å². The maximum absolute atomic E-state index is 12.7. The normalized spacial score (nSPS) is 11.5. The molecule has 0 atom stereocenters. The van der Waals surface area contributed by atoms with Gasteiger partial charge in [-0.25, -0.2) is 0 Å². The summed E-state index contributed by atoms with van der Waals surface area (Å²) in [7, 11) is 0. The zero-order valence-corrected chi connectivity index (χ0v) is 12.3. The molecular weight excluding hydrogens is 325 g/mol. The fourth-order valence-corrected chi connectivity index (χ4v) is 2.70. The van der Waals surface area contributed by atoms with Crippen molar-refractivity contribution < 1.29 is 18.0 Å². The second-order valence-corrected chi connectivity index (χ2v) is 6.00. The largest absolute Gasteiger partial charge is 0.416 e. The van der Waals surface area contributed by atoms with Crippen LogP contribution in [-0.2, 0) is 6.18 Å². The van der Waals surface area contributed by atoms with E-state index < -0.39 is 17.6 Å². The van der Waals surface area contributed by atoms with Crippen molar-refractivity contribution in [2.75, 3.05) is 11.1 Å². The van der Waals surface area contributed by atoms with Gasteiger partial charge in [0, 0.05) is 21.3 Å². The van der Waals surface area contributed by atoms with Gasteiger partial charge < -0.3 is 11.1 Å². The SMILES string of the molecule is Cc1sc(C(=O)Nc2cc(Cl)cc(C(F)(F)F)c2)cc1N. The molecule has 1 aromatic heterocycles. The molecule has 3 N–H and O–H groups in total. The van der Waals surface area contributed by atoms with Crippen LogP contribution in [0.15, 0.2) is 24.3 Å². The van der Waals surface area contributed by atoms with E-state index in [4.69, 9.17) is 17.3 Å². The van der Waals surface area contributed by atoms with Crippen LogP contribution in [-0.4, -0.2) is 5.91 Å². The van der Waals surface area contributed by atoms with Gasteiger partial charge in [-0.3, -0.25) is 4.79 Å². The molecule has 112 valence electrons. The number of hydrogen-bond donors (Lipinski definition) is 2. The first-order valence-corrected chi connectivity index (χ1v) is 6.91. The van der Waals surface area contributed by atoms with Crippen molar-refractivity contribution in [1.29, 1.82) is 0 Å². The van der Waals surface area contributed by atoms with Gasteiger partial charge in [0.2, 0.25) is 0 Å². The molecule has 3 nitrogen and oxygen atoms in total. The van der Waals surface area contributed by atoms with E-state index in [2.05, 4.69) is 5.32 Å². The smallest absolute Gasteiger partial charge is 0.398 e. The lowest BCUT2D eigenvalue weighted by Crippen LogP contribution is -2.12. The summed E-state index contributed by atoms with van der Waals surface area (Å²) in [5.74, 6) is -0.532. The van der Waals surface area contributed by atoms with Crippen LogP contribution in [0.25, 0.3) is 0 Å². The van der Waals surface area contributed by atoms with Gasteiger partial charge in [-0.2, -0.15) is 13.2 Å². The van der Waals surface area contributed by atoms with E-state index in [1.807, 2.05) is 0 Å². The molecule has 0 unspecified atom stereocenters. The number of nitrogen functional groups attached to an aromatic ring is 1. The summed E-state index contributed by atoms with van der Waals surface area (Å²) in [6.45, 7) is 1.75. The average molecular weight is 335 g/mol. The Bertz CT molecular complexity index is 678. The monoisotopic (exact) mass is 334 g/mol. The van der Waals surface area contributed by atoms with Crippen LogP contribution in [0.5, 0.6) is 0 Å². The number of carbonyl (C=O) groups excluding carboxylic acids is 1. The predicted molar refractivity (Wildman–Crippen MR) is 77.9 cm³/mol. The van der Waals surface area contributed by atoms with Crippen molar-refractivity contribution in [2.45, 2.75) is 13.1 Å². The van der Waals surface area contributed by atoms with E-state index in [-0.39, 0.29) is 10.7 Å². The van der Waals surface area contributed by atoms with Crippen LogP contribution in [0.3, 0.4) is 0 Å². The number of nitrogens with two attached hydrogens (primary N) is 1. The Balaban J connectivity index is 2.27. The van der Waals surface area contributed by atoms with Crippen LogP contribution in [0, 0.1) is 6.92 Å². The molecule has 8 heteroatoms. The average Bonchev–Trinajstić information content (AvgIpc) is 2.68. The third-order valence-corrected chi connectivity index (χ3v) is 3.95. The number of aryl methyl sites for hydroxylation is 1. The number of alkyl halides is 3. The summed E-state index contributed by atoms with van der Waals surface area (Å²) in [5, 5.41) is 2.27. The van der Waals surface area contributed by atoms with Crippen molar-refractivity contribution in [3.63, 3.8) is 0 Å². The van der Waals surface area contributed by atoms with Gasteiger partial charge in [-0.05, 0) is 31.2 Å². The van der Waals surface area contributed by atoms with Gasteiger partial charge in [0.05, 0.1) is 10.4 Å². The van der Waals surface area contributed by atoms with Crippen molar-refractivity contribution in [3.8, 4) is 0 Å². The Kier molecular flexibility index (Phi) is 4.15. The third-order valence-electron chi connectivity index (χ3n) is 2.66. The van der Waals surface area contributed by atoms with E-state index >= 15 is 0 Å². The Morgan fingerprint density at radius 2 is 1.95 bits per heavy atom. The van der Waals surface area contributed by atoms with E-state index in [0.29, 0.717) is 10.6 Å². The molecule has 0 aliphatic rings. The Labute approximate surface area is 127 Å². The van der Waals surface area contributed by atoms with Crippen LogP contribution in [0.4, 0.5) is 24.5 Å². The highest BCUT2D eigenvalue weighted by Crippen LogP contribution is 2.33. The number of thiophene rings is 1. The number of carbonyl (C=O) groups is 1. The molecular formula is C13H10ClF3N2OS. The van der Waals surface area contributed by atoms with Crippen molar-refractivity contribution in [1.82, 2.24) is 0 Å². The van der Waals surface area contributed by atoms with Crippen LogP contribution in [0.1, 0.15) is 20.1 Å². The topological polar surface area (TPSA) is 55.1 Å². The highest BCUT2D eigenvalue weighted by Gasteiger charge is 2.31. The Hall–Kier alpha value is -1.73. The summed E-state index contributed by atoms with van der Waals surface area (Å²) in [6, 6.07) is 4.35. The second kappa shape index (κ2) is 5.57. The van der Waals surface area contributed by atoms with E-state index in [0.717, 1.165) is 28.3 Å². The zero-order chi connectivity index (χ0) is 15.8. The van der Waals surface area contributed by atoms with Crippen molar-refractivity contribution >= 4 is 40.2 Å². The number of amides is 1.